The minimum atomic E-state index is -0.346. The maximum absolute atomic E-state index is 12.2. The van der Waals surface area contributed by atoms with E-state index in [9.17, 15) is 4.79 Å². The normalized spacial score (nSPS) is 17.5. The lowest BCUT2D eigenvalue weighted by molar-refractivity contribution is -0.138. The van der Waals surface area contributed by atoms with E-state index < -0.39 is 0 Å². The Bertz CT molecular complexity index is 564. The van der Waals surface area contributed by atoms with Gasteiger partial charge in [-0.3, -0.25) is 0 Å². The molecule has 0 spiro atoms. The van der Waals surface area contributed by atoms with Gasteiger partial charge in [0, 0.05) is 17.1 Å². The Balaban J connectivity index is 2.23. The molecule has 0 amide bonds. The highest BCUT2D eigenvalue weighted by Gasteiger charge is 2.29. The van der Waals surface area contributed by atoms with Gasteiger partial charge >= 0.3 is 5.97 Å². The van der Waals surface area contributed by atoms with Crippen LogP contribution in [0.5, 0.6) is 0 Å². The van der Waals surface area contributed by atoms with Crippen LogP contribution >= 0.6 is 24.0 Å². The summed E-state index contributed by atoms with van der Waals surface area (Å²) in [6.45, 7) is 8.55. The maximum atomic E-state index is 12.2. The van der Waals surface area contributed by atoms with E-state index in [1.54, 1.807) is 18.7 Å². The highest BCUT2D eigenvalue weighted by atomic mass is 32.2. The molecule has 2 aliphatic rings. The Kier molecular flexibility index (Phi) is 6.08. The van der Waals surface area contributed by atoms with Crippen molar-refractivity contribution in [1.29, 1.82) is 0 Å². The SMILES string of the molecule is C=C(C)CNC(=S)C1=C(C(=O)OCC)NC2=C(CCCC2)S1. The fourth-order valence-corrected chi connectivity index (χ4v) is 3.79. The lowest BCUT2D eigenvalue weighted by Crippen LogP contribution is -2.33. The minimum absolute atomic E-state index is 0.346. The largest absolute Gasteiger partial charge is 0.461 e. The van der Waals surface area contributed by atoms with E-state index in [0.29, 0.717) is 23.8 Å². The van der Waals surface area contributed by atoms with Crippen LogP contribution < -0.4 is 10.6 Å². The van der Waals surface area contributed by atoms with Crippen LogP contribution in [0.15, 0.2) is 33.4 Å². The summed E-state index contributed by atoms with van der Waals surface area (Å²) in [4.78, 5) is 14.9. The minimum Gasteiger partial charge on any atom is -0.461 e. The fourth-order valence-electron chi connectivity index (χ4n) is 2.32. The van der Waals surface area contributed by atoms with Gasteiger partial charge in [0.1, 0.15) is 10.7 Å². The molecule has 120 valence electrons. The Morgan fingerprint density at radius 2 is 2.18 bits per heavy atom. The van der Waals surface area contributed by atoms with Gasteiger partial charge in [0.2, 0.25) is 0 Å². The third kappa shape index (κ3) is 4.14. The molecule has 0 aromatic rings. The van der Waals surface area contributed by atoms with Crippen molar-refractivity contribution < 1.29 is 9.53 Å². The summed E-state index contributed by atoms with van der Waals surface area (Å²) in [5, 5.41) is 6.43. The highest BCUT2D eigenvalue weighted by Crippen LogP contribution is 2.41. The van der Waals surface area contributed by atoms with Crippen LogP contribution in [0.25, 0.3) is 0 Å². The molecule has 6 heteroatoms. The second-order valence-corrected chi connectivity index (χ2v) is 6.91. The number of thiocarbonyl (C=S) groups is 1. The molecule has 0 atom stereocenters. The van der Waals surface area contributed by atoms with Crippen molar-refractivity contribution in [3.8, 4) is 0 Å². The van der Waals surface area contributed by atoms with Crippen molar-refractivity contribution in [3.05, 3.63) is 33.4 Å². The summed E-state index contributed by atoms with van der Waals surface area (Å²) in [6, 6.07) is 0. The Morgan fingerprint density at radius 1 is 1.45 bits per heavy atom. The Labute approximate surface area is 141 Å². The second-order valence-electron chi connectivity index (χ2n) is 5.40. The first-order chi connectivity index (χ1) is 10.5. The summed E-state index contributed by atoms with van der Waals surface area (Å²) in [7, 11) is 0. The number of carbonyl (C=O) groups excluding carboxylic acids is 1. The van der Waals surface area contributed by atoms with Crippen LogP contribution in [-0.4, -0.2) is 24.1 Å². The topological polar surface area (TPSA) is 50.4 Å². The molecule has 0 saturated heterocycles. The number of esters is 1. The van der Waals surface area contributed by atoms with Crippen molar-refractivity contribution in [2.75, 3.05) is 13.2 Å². The zero-order valence-electron chi connectivity index (χ0n) is 13.1. The predicted octanol–water partition coefficient (Wildman–Crippen LogP) is 3.38. The Morgan fingerprint density at radius 3 is 2.86 bits per heavy atom. The van der Waals surface area contributed by atoms with Gasteiger partial charge in [0.25, 0.3) is 0 Å². The highest BCUT2D eigenvalue weighted by molar-refractivity contribution is 8.08. The number of allylic oxidation sites excluding steroid dienone is 2. The van der Waals surface area contributed by atoms with E-state index in [1.165, 1.54) is 11.3 Å². The number of carbonyl (C=O) groups is 1. The summed E-state index contributed by atoms with van der Waals surface area (Å²) >= 11 is 7.07. The van der Waals surface area contributed by atoms with E-state index in [2.05, 4.69) is 17.2 Å². The maximum Gasteiger partial charge on any atom is 0.356 e. The molecule has 2 rings (SSSR count). The molecule has 0 saturated carbocycles. The third-order valence-corrected chi connectivity index (χ3v) is 5.17. The van der Waals surface area contributed by atoms with E-state index in [1.807, 2.05) is 6.92 Å². The van der Waals surface area contributed by atoms with Gasteiger partial charge in [0.05, 0.1) is 11.5 Å². The number of ether oxygens (including phenoxy) is 1. The monoisotopic (exact) mass is 338 g/mol. The average Bonchev–Trinajstić information content (AvgIpc) is 2.51. The van der Waals surface area contributed by atoms with Gasteiger partial charge in [-0.2, -0.15) is 0 Å². The van der Waals surface area contributed by atoms with Gasteiger partial charge in [-0.25, -0.2) is 4.79 Å². The molecular formula is C16H22N2O2S2. The summed E-state index contributed by atoms with van der Waals surface area (Å²) < 4.78 is 5.17. The van der Waals surface area contributed by atoms with Crippen molar-refractivity contribution in [1.82, 2.24) is 10.6 Å². The van der Waals surface area contributed by atoms with Crippen molar-refractivity contribution in [3.63, 3.8) is 0 Å². The van der Waals surface area contributed by atoms with Gasteiger partial charge in [-0.1, -0.05) is 36.1 Å². The molecule has 2 N–H and O–H groups in total. The number of hydrogen-bond donors (Lipinski definition) is 2. The van der Waals surface area contributed by atoms with Crippen LogP contribution in [0, 0.1) is 0 Å². The predicted molar refractivity (Wildman–Crippen MR) is 95.3 cm³/mol. The van der Waals surface area contributed by atoms with Gasteiger partial charge in [0.15, 0.2) is 0 Å². The van der Waals surface area contributed by atoms with Gasteiger partial charge < -0.3 is 15.4 Å². The first-order valence-electron chi connectivity index (χ1n) is 7.53. The van der Waals surface area contributed by atoms with Crippen molar-refractivity contribution in [2.24, 2.45) is 0 Å². The lowest BCUT2D eigenvalue weighted by Gasteiger charge is -2.29. The molecular weight excluding hydrogens is 316 g/mol. The van der Waals surface area contributed by atoms with Gasteiger partial charge in [-0.15, -0.1) is 0 Å². The zero-order valence-corrected chi connectivity index (χ0v) is 14.7. The lowest BCUT2D eigenvalue weighted by atomic mass is 10.0. The number of nitrogens with one attached hydrogen (secondary N) is 2. The van der Waals surface area contributed by atoms with Gasteiger partial charge in [-0.05, 0) is 39.5 Å². The van der Waals surface area contributed by atoms with Crippen LogP contribution in [0.4, 0.5) is 0 Å². The molecule has 0 bridgehead atoms. The first-order valence-corrected chi connectivity index (χ1v) is 8.76. The van der Waals surface area contributed by atoms with Crippen LogP contribution in [-0.2, 0) is 9.53 Å². The molecule has 0 aromatic heterocycles. The van der Waals surface area contributed by atoms with Crippen LogP contribution in [0.2, 0.25) is 0 Å². The molecule has 22 heavy (non-hydrogen) atoms. The summed E-state index contributed by atoms with van der Waals surface area (Å²) in [6.07, 6.45) is 4.35. The molecule has 0 fully saturated rings. The molecule has 1 heterocycles. The van der Waals surface area contributed by atoms with Crippen molar-refractivity contribution in [2.45, 2.75) is 39.5 Å². The fraction of sp³-hybridized carbons (Fsp3) is 0.500. The zero-order chi connectivity index (χ0) is 16.1. The van der Waals surface area contributed by atoms with Crippen LogP contribution in [0.3, 0.4) is 0 Å². The smallest absolute Gasteiger partial charge is 0.356 e. The average molecular weight is 338 g/mol. The number of hydrogen-bond acceptors (Lipinski definition) is 5. The number of rotatable bonds is 5. The van der Waals surface area contributed by atoms with E-state index in [4.69, 9.17) is 17.0 Å². The molecule has 4 nitrogen and oxygen atoms in total. The van der Waals surface area contributed by atoms with E-state index in [-0.39, 0.29) is 5.97 Å². The van der Waals surface area contributed by atoms with Crippen LogP contribution in [0.1, 0.15) is 39.5 Å². The van der Waals surface area contributed by atoms with E-state index in [0.717, 1.165) is 35.4 Å². The van der Waals surface area contributed by atoms with Crippen molar-refractivity contribution >= 4 is 34.9 Å². The Hall–Kier alpha value is -1.27. The summed E-state index contributed by atoms with van der Waals surface area (Å²) in [5.74, 6) is -0.346. The molecule has 0 unspecified atom stereocenters. The second kappa shape index (κ2) is 7.83. The molecule has 0 radical (unpaired) electrons. The number of thioether (sulfide) groups is 1. The quantitative estimate of drug-likeness (QED) is 0.455. The van der Waals surface area contributed by atoms with E-state index >= 15 is 0 Å². The third-order valence-electron chi connectivity index (χ3n) is 3.38. The summed E-state index contributed by atoms with van der Waals surface area (Å²) in [5.41, 5.74) is 2.60. The molecule has 0 aromatic carbocycles. The molecule has 1 aliphatic heterocycles. The molecule has 1 aliphatic carbocycles. The standard InChI is InChI=1S/C16H22N2O2S2/c1-4-20-16(19)13-14(15(21)17-9-10(2)3)22-12-8-6-5-7-11(12)18-13/h18H,2,4-9H2,1,3H3,(H,17,21). The first kappa shape index (κ1) is 17.1.